The van der Waals surface area contributed by atoms with Gasteiger partial charge in [0.2, 0.25) is 5.91 Å². The molecule has 1 aliphatic rings. The highest BCUT2D eigenvalue weighted by molar-refractivity contribution is 5.95. The second-order valence-electron chi connectivity index (χ2n) is 5.21. The van der Waals surface area contributed by atoms with Gasteiger partial charge in [0.1, 0.15) is 5.65 Å². The van der Waals surface area contributed by atoms with Crippen molar-refractivity contribution in [2.45, 2.75) is 32.6 Å². The van der Waals surface area contributed by atoms with Crippen LogP contribution in [0.3, 0.4) is 0 Å². The predicted octanol–water partition coefficient (Wildman–Crippen LogP) is 2.83. The van der Waals surface area contributed by atoms with E-state index in [-0.39, 0.29) is 5.91 Å². The molecule has 4 heteroatoms. The van der Waals surface area contributed by atoms with Crippen LogP contribution in [0.4, 0.5) is 0 Å². The van der Waals surface area contributed by atoms with Crippen LogP contribution in [0, 0.1) is 0 Å². The van der Waals surface area contributed by atoms with E-state index < -0.39 is 0 Å². The Balaban J connectivity index is 2.23. The lowest BCUT2D eigenvalue weighted by Crippen LogP contribution is -2.08. The Hall–Kier alpha value is -2.10. The summed E-state index contributed by atoms with van der Waals surface area (Å²) in [5, 5.41) is 4.73. The normalized spacial score (nSPS) is 15.0. The van der Waals surface area contributed by atoms with Crippen LogP contribution < -0.4 is 0 Å². The van der Waals surface area contributed by atoms with Gasteiger partial charge in [-0.25, -0.2) is 4.52 Å². The van der Waals surface area contributed by atoms with Gasteiger partial charge in [0.05, 0.1) is 16.7 Å². The molecule has 0 aliphatic heterocycles. The molecule has 0 fully saturated rings. The zero-order chi connectivity index (χ0) is 13.0. The molecule has 0 atom stereocenters. The van der Waals surface area contributed by atoms with Crippen molar-refractivity contribution in [2.24, 2.45) is 0 Å². The largest absolute Gasteiger partial charge is 0.274 e. The van der Waals surface area contributed by atoms with Crippen LogP contribution in [0.2, 0.25) is 0 Å². The lowest BCUT2D eigenvalue weighted by atomic mass is 9.98. The van der Waals surface area contributed by atoms with E-state index in [2.05, 4.69) is 0 Å². The van der Waals surface area contributed by atoms with Crippen molar-refractivity contribution in [3.05, 3.63) is 35.5 Å². The quantitative estimate of drug-likeness (QED) is 0.618. The maximum Gasteiger partial charge on any atom is 0.229 e. The lowest BCUT2D eigenvalue weighted by molar-refractivity contribution is 0.0945. The van der Waals surface area contributed by atoms with E-state index >= 15 is 0 Å². The molecule has 0 saturated heterocycles. The predicted molar refractivity (Wildman–Crippen MR) is 73.6 cm³/mol. The lowest BCUT2D eigenvalue weighted by Gasteiger charge is -2.09. The maximum absolute atomic E-state index is 12.0. The third kappa shape index (κ3) is 1.34. The molecule has 19 heavy (non-hydrogen) atoms. The van der Waals surface area contributed by atoms with Crippen LogP contribution in [-0.4, -0.2) is 20.1 Å². The van der Waals surface area contributed by atoms with Crippen LogP contribution >= 0.6 is 0 Å². The Kier molecular flexibility index (Phi) is 2.10. The monoisotopic (exact) mass is 253 g/mol. The molecule has 1 aliphatic carbocycles. The molecule has 96 valence electrons. The first kappa shape index (κ1) is 10.8. The number of hydrogen-bond acceptors (Lipinski definition) is 2. The summed E-state index contributed by atoms with van der Waals surface area (Å²) in [4.78, 5) is 12.0. The fourth-order valence-corrected chi connectivity index (χ4v) is 3.20. The molecule has 0 spiro atoms. The number of hydrogen-bond donors (Lipinski definition) is 0. The van der Waals surface area contributed by atoms with Gasteiger partial charge < -0.3 is 0 Å². The van der Waals surface area contributed by atoms with Gasteiger partial charge in [0.25, 0.3) is 0 Å². The van der Waals surface area contributed by atoms with Gasteiger partial charge in [-0.15, -0.1) is 0 Å². The highest BCUT2D eigenvalue weighted by atomic mass is 16.1. The zero-order valence-corrected chi connectivity index (χ0v) is 10.9. The van der Waals surface area contributed by atoms with E-state index in [0.29, 0.717) is 0 Å². The molecule has 2 aromatic heterocycles. The average Bonchev–Trinajstić information content (AvgIpc) is 2.93. The number of nitrogens with zero attached hydrogens (tertiary/aromatic N) is 3. The van der Waals surface area contributed by atoms with Gasteiger partial charge in [0, 0.05) is 12.5 Å². The Labute approximate surface area is 110 Å². The summed E-state index contributed by atoms with van der Waals surface area (Å²) < 4.78 is 3.76. The fourth-order valence-electron chi connectivity index (χ4n) is 3.20. The van der Waals surface area contributed by atoms with E-state index in [1.807, 2.05) is 33.3 Å². The van der Waals surface area contributed by atoms with Crippen LogP contribution in [0.15, 0.2) is 24.3 Å². The molecule has 0 radical (unpaired) electrons. The van der Waals surface area contributed by atoms with Crippen LogP contribution in [0.25, 0.3) is 16.7 Å². The average molecular weight is 253 g/mol. The van der Waals surface area contributed by atoms with Crippen molar-refractivity contribution >= 4 is 22.6 Å². The first-order valence-corrected chi connectivity index (χ1v) is 6.78. The third-order valence-corrected chi connectivity index (χ3v) is 4.01. The second-order valence-corrected chi connectivity index (χ2v) is 5.21. The Morgan fingerprint density at radius 1 is 1.16 bits per heavy atom. The second kappa shape index (κ2) is 3.70. The Morgan fingerprint density at radius 3 is 2.68 bits per heavy atom. The third-order valence-electron chi connectivity index (χ3n) is 4.01. The molecule has 0 unspecified atom stereocenters. The van der Waals surface area contributed by atoms with Crippen molar-refractivity contribution in [1.82, 2.24) is 14.2 Å². The number of fused-ring (bicyclic) bond motifs is 5. The minimum Gasteiger partial charge on any atom is -0.274 e. The number of imidazole rings is 1. The van der Waals surface area contributed by atoms with Gasteiger partial charge in [0.15, 0.2) is 0 Å². The van der Waals surface area contributed by atoms with Crippen molar-refractivity contribution in [2.75, 3.05) is 0 Å². The van der Waals surface area contributed by atoms with Crippen molar-refractivity contribution in [3.63, 3.8) is 0 Å². The van der Waals surface area contributed by atoms with Crippen LogP contribution in [0.1, 0.15) is 35.8 Å². The van der Waals surface area contributed by atoms with Crippen LogP contribution in [0.5, 0.6) is 0 Å². The van der Waals surface area contributed by atoms with E-state index in [9.17, 15) is 4.79 Å². The Bertz CT molecular complexity index is 810. The summed E-state index contributed by atoms with van der Waals surface area (Å²) in [6, 6.07) is 7.97. The molecule has 2 heterocycles. The molecular weight excluding hydrogens is 238 g/mol. The number of carbonyl (C=O) groups excluding carboxylic acids is 1. The van der Waals surface area contributed by atoms with Gasteiger partial charge in [-0.1, -0.05) is 12.1 Å². The summed E-state index contributed by atoms with van der Waals surface area (Å²) in [7, 11) is 0. The number of para-hydroxylation sites is 2. The van der Waals surface area contributed by atoms with Crippen LogP contribution in [-0.2, 0) is 12.8 Å². The molecular formula is C15H15N3O. The minimum absolute atomic E-state index is 0.0551. The van der Waals surface area contributed by atoms with Gasteiger partial charge in [-0.05, 0) is 37.8 Å². The SMILES string of the molecule is CC(=O)n1c2ccccc2n2nc3c(c12)CCCC3. The fraction of sp³-hybridized carbons (Fsp3) is 0.333. The number of benzene rings is 1. The summed E-state index contributed by atoms with van der Waals surface area (Å²) >= 11 is 0. The number of aromatic nitrogens is 3. The van der Waals surface area contributed by atoms with Crippen molar-refractivity contribution in [1.29, 1.82) is 0 Å². The first-order valence-electron chi connectivity index (χ1n) is 6.78. The van der Waals surface area contributed by atoms with Crippen molar-refractivity contribution < 1.29 is 4.79 Å². The highest BCUT2D eigenvalue weighted by Crippen LogP contribution is 2.29. The summed E-state index contributed by atoms with van der Waals surface area (Å²) in [5.41, 5.74) is 5.37. The molecule has 0 N–H and O–H groups in total. The van der Waals surface area contributed by atoms with Gasteiger partial charge in [-0.2, -0.15) is 5.10 Å². The molecule has 0 bridgehead atoms. The summed E-state index contributed by atoms with van der Waals surface area (Å²) in [6.07, 6.45) is 4.45. The summed E-state index contributed by atoms with van der Waals surface area (Å²) in [6.45, 7) is 1.62. The number of aryl methyl sites for hydroxylation is 2. The maximum atomic E-state index is 12.0. The number of rotatable bonds is 0. The molecule has 0 saturated carbocycles. The molecule has 3 aromatic rings. The first-order chi connectivity index (χ1) is 9.27. The standard InChI is InChI=1S/C15H15N3O/c1-10(19)17-13-8-4-5-9-14(13)18-15(17)11-6-2-3-7-12(11)16-18/h4-5,8-9H,2-3,6-7H2,1H3. The van der Waals surface area contributed by atoms with E-state index in [1.54, 1.807) is 6.92 Å². The zero-order valence-electron chi connectivity index (χ0n) is 10.9. The molecule has 4 nitrogen and oxygen atoms in total. The van der Waals surface area contributed by atoms with E-state index in [0.717, 1.165) is 29.5 Å². The van der Waals surface area contributed by atoms with Gasteiger partial charge in [-0.3, -0.25) is 9.36 Å². The number of carbonyl (C=O) groups is 1. The van der Waals surface area contributed by atoms with Crippen molar-refractivity contribution in [3.8, 4) is 0 Å². The summed E-state index contributed by atoms with van der Waals surface area (Å²) in [5.74, 6) is 0.0551. The van der Waals surface area contributed by atoms with E-state index in [4.69, 9.17) is 5.10 Å². The topological polar surface area (TPSA) is 39.3 Å². The molecule has 4 rings (SSSR count). The van der Waals surface area contributed by atoms with Gasteiger partial charge >= 0.3 is 0 Å². The Morgan fingerprint density at radius 2 is 1.89 bits per heavy atom. The molecule has 0 amide bonds. The van der Waals surface area contributed by atoms with E-state index in [1.165, 1.54) is 24.1 Å². The molecule has 1 aromatic carbocycles. The smallest absolute Gasteiger partial charge is 0.229 e. The minimum atomic E-state index is 0.0551. The highest BCUT2D eigenvalue weighted by Gasteiger charge is 2.23.